The van der Waals surface area contributed by atoms with Gasteiger partial charge < -0.3 is 10.0 Å². The molecule has 4 nitrogen and oxygen atoms in total. The van der Waals surface area contributed by atoms with Gasteiger partial charge in [0.1, 0.15) is 5.76 Å². The number of hydrogen-bond donors (Lipinski definition) is 1. The maximum atomic E-state index is 13.1. The summed E-state index contributed by atoms with van der Waals surface area (Å²) in [5.41, 5.74) is 3.68. The van der Waals surface area contributed by atoms with Crippen LogP contribution in [0.3, 0.4) is 0 Å². The highest BCUT2D eigenvalue weighted by atomic mass is 79.9. The highest BCUT2D eigenvalue weighted by Crippen LogP contribution is 2.40. The van der Waals surface area contributed by atoms with E-state index in [9.17, 15) is 14.7 Å². The van der Waals surface area contributed by atoms with Gasteiger partial charge in [0.25, 0.3) is 11.7 Å². The summed E-state index contributed by atoms with van der Waals surface area (Å²) in [6.07, 6.45) is 2.82. The molecule has 0 aliphatic carbocycles. The molecular weight excluding hydrogens is 454 g/mol. The third-order valence-corrected chi connectivity index (χ3v) is 6.78. The van der Waals surface area contributed by atoms with E-state index in [2.05, 4.69) is 36.7 Å². The Bertz CT molecular complexity index is 1010. The van der Waals surface area contributed by atoms with Crippen molar-refractivity contribution in [2.24, 2.45) is 0 Å². The summed E-state index contributed by atoms with van der Waals surface area (Å²) < 4.78 is 0.921. The van der Waals surface area contributed by atoms with Crippen molar-refractivity contribution in [3.8, 4) is 0 Å². The van der Waals surface area contributed by atoms with Crippen LogP contribution in [-0.2, 0) is 9.59 Å². The van der Waals surface area contributed by atoms with E-state index in [1.165, 1.54) is 5.56 Å². The maximum absolute atomic E-state index is 13.1. The molecule has 1 amide bonds. The van der Waals surface area contributed by atoms with Crippen molar-refractivity contribution >= 4 is 33.4 Å². The number of carbonyl (C=O) groups excluding carboxylic acids is 2. The van der Waals surface area contributed by atoms with Gasteiger partial charge in [0, 0.05) is 16.6 Å². The van der Waals surface area contributed by atoms with E-state index in [4.69, 9.17) is 0 Å². The Hall–Kier alpha value is -2.40. The van der Waals surface area contributed by atoms with Crippen LogP contribution in [0.1, 0.15) is 74.2 Å². The van der Waals surface area contributed by atoms with Crippen molar-refractivity contribution in [2.45, 2.75) is 58.9 Å². The lowest BCUT2D eigenvalue weighted by molar-refractivity contribution is -0.139. The number of benzene rings is 2. The molecule has 2 aromatic rings. The number of aryl methyl sites for hydroxylation is 1. The van der Waals surface area contributed by atoms with Gasteiger partial charge >= 0.3 is 0 Å². The number of Topliss-reactive ketones (excluding diaryl/α,β-unsaturated/α-hetero) is 1. The fraction of sp³-hybridized carbons (Fsp3) is 0.385. The topological polar surface area (TPSA) is 57.6 Å². The van der Waals surface area contributed by atoms with Crippen LogP contribution >= 0.6 is 15.9 Å². The summed E-state index contributed by atoms with van der Waals surface area (Å²) in [6.45, 7) is 8.77. The largest absolute Gasteiger partial charge is 0.507 e. The number of hydrogen-bond acceptors (Lipinski definition) is 3. The first-order valence-corrected chi connectivity index (χ1v) is 11.7. The molecule has 0 radical (unpaired) electrons. The molecule has 164 valence electrons. The lowest BCUT2D eigenvalue weighted by Crippen LogP contribution is -2.30. The minimum atomic E-state index is -0.618. The smallest absolute Gasteiger partial charge is 0.295 e. The molecule has 1 aliphatic heterocycles. The van der Waals surface area contributed by atoms with Crippen LogP contribution in [0, 0.1) is 6.92 Å². The number of carbonyl (C=O) groups is 2. The fourth-order valence-electron chi connectivity index (χ4n) is 4.00. The maximum Gasteiger partial charge on any atom is 0.295 e. The van der Waals surface area contributed by atoms with Crippen LogP contribution in [0.4, 0.5) is 0 Å². The quantitative estimate of drug-likeness (QED) is 0.211. The number of unbranched alkanes of at least 4 members (excludes halogenated alkanes) is 2. The second-order valence-corrected chi connectivity index (χ2v) is 9.34. The van der Waals surface area contributed by atoms with E-state index in [1.807, 2.05) is 43.3 Å². The first-order valence-electron chi connectivity index (χ1n) is 10.9. The molecule has 1 fully saturated rings. The number of amides is 1. The number of nitrogens with zero attached hydrogens (tertiary/aromatic N) is 1. The molecule has 0 bridgehead atoms. The van der Waals surface area contributed by atoms with E-state index in [0.717, 1.165) is 34.9 Å². The van der Waals surface area contributed by atoms with Gasteiger partial charge in [-0.1, -0.05) is 79.9 Å². The summed E-state index contributed by atoms with van der Waals surface area (Å²) in [7, 11) is 0. The van der Waals surface area contributed by atoms with E-state index < -0.39 is 17.7 Å². The van der Waals surface area contributed by atoms with Gasteiger partial charge in [0.15, 0.2) is 0 Å². The summed E-state index contributed by atoms with van der Waals surface area (Å²) in [5, 5.41) is 11.2. The molecule has 5 heteroatoms. The fourth-order valence-corrected chi connectivity index (χ4v) is 4.25. The summed E-state index contributed by atoms with van der Waals surface area (Å²) >= 11 is 3.47. The summed E-state index contributed by atoms with van der Waals surface area (Å²) in [4.78, 5) is 27.6. The third kappa shape index (κ3) is 4.77. The molecule has 0 aromatic heterocycles. The molecule has 1 heterocycles. The first kappa shape index (κ1) is 23.3. The molecule has 0 spiro atoms. The Labute approximate surface area is 193 Å². The number of halogens is 1. The van der Waals surface area contributed by atoms with Crippen molar-refractivity contribution in [2.75, 3.05) is 6.54 Å². The SMILES string of the molecule is CCCCCN1C(=O)C(=O)/C(=C(\O)c2ccc(Br)c(C)c2)C1c1ccc(C(C)C)cc1. The summed E-state index contributed by atoms with van der Waals surface area (Å²) in [5.74, 6) is -0.891. The van der Waals surface area contributed by atoms with E-state index in [0.29, 0.717) is 18.0 Å². The van der Waals surface area contributed by atoms with Gasteiger partial charge in [-0.25, -0.2) is 0 Å². The molecule has 1 N–H and O–H groups in total. The van der Waals surface area contributed by atoms with Crippen molar-refractivity contribution in [1.82, 2.24) is 4.90 Å². The predicted molar refractivity (Wildman–Crippen MR) is 128 cm³/mol. The van der Waals surface area contributed by atoms with E-state index in [-0.39, 0.29) is 11.3 Å². The number of aliphatic hydroxyl groups is 1. The van der Waals surface area contributed by atoms with Crippen LogP contribution in [0.25, 0.3) is 5.76 Å². The molecule has 31 heavy (non-hydrogen) atoms. The third-order valence-electron chi connectivity index (χ3n) is 5.89. The summed E-state index contributed by atoms with van der Waals surface area (Å²) in [6, 6.07) is 12.9. The minimum Gasteiger partial charge on any atom is -0.507 e. The second-order valence-electron chi connectivity index (χ2n) is 8.48. The Morgan fingerprint density at radius 2 is 1.77 bits per heavy atom. The molecule has 1 aliphatic rings. The standard InChI is InChI=1S/C26H30BrNO3/c1-5-6-7-14-28-23(19-10-8-18(9-11-19)16(2)3)22(25(30)26(28)31)24(29)20-12-13-21(27)17(4)15-20/h8-13,15-16,23,29H,5-7,14H2,1-4H3/b24-22-. The first-order chi connectivity index (χ1) is 14.8. The molecule has 1 unspecified atom stereocenters. The molecule has 0 saturated carbocycles. The Morgan fingerprint density at radius 1 is 1.10 bits per heavy atom. The van der Waals surface area contributed by atoms with Gasteiger partial charge in [-0.3, -0.25) is 9.59 Å². The highest BCUT2D eigenvalue weighted by molar-refractivity contribution is 9.10. The van der Waals surface area contributed by atoms with Gasteiger partial charge in [-0.15, -0.1) is 0 Å². The monoisotopic (exact) mass is 483 g/mol. The lowest BCUT2D eigenvalue weighted by Gasteiger charge is -2.25. The number of likely N-dealkylation sites (tertiary alicyclic amines) is 1. The average Bonchev–Trinajstić information content (AvgIpc) is 3.00. The van der Waals surface area contributed by atoms with Crippen LogP contribution < -0.4 is 0 Å². The predicted octanol–water partition coefficient (Wildman–Crippen LogP) is 6.49. The minimum absolute atomic E-state index is 0.120. The molecule has 1 atom stereocenters. The molecule has 1 saturated heterocycles. The zero-order chi connectivity index (χ0) is 22.7. The lowest BCUT2D eigenvalue weighted by atomic mass is 9.93. The molecule has 2 aromatic carbocycles. The van der Waals surface area contributed by atoms with Crippen molar-refractivity contribution < 1.29 is 14.7 Å². The number of ketones is 1. The molecule has 3 rings (SSSR count). The van der Waals surface area contributed by atoms with Crippen LogP contribution in [-0.4, -0.2) is 28.2 Å². The van der Waals surface area contributed by atoms with Gasteiger partial charge in [-0.2, -0.15) is 0 Å². The van der Waals surface area contributed by atoms with Crippen molar-refractivity contribution in [3.05, 3.63) is 74.8 Å². The Kier molecular flexibility index (Phi) is 7.37. The highest BCUT2D eigenvalue weighted by Gasteiger charge is 2.45. The Morgan fingerprint density at radius 3 is 2.35 bits per heavy atom. The van der Waals surface area contributed by atoms with Gasteiger partial charge in [-0.05, 0) is 48.1 Å². The number of aliphatic hydroxyl groups excluding tert-OH is 1. The normalized spacial score (nSPS) is 18.3. The van der Waals surface area contributed by atoms with Crippen molar-refractivity contribution in [3.63, 3.8) is 0 Å². The van der Waals surface area contributed by atoms with Crippen molar-refractivity contribution in [1.29, 1.82) is 0 Å². The average molecular weight is 484 g/mol. The zero-order valence-corrected chi connectivity index (χ0v) is 20.2. The second kappa shape index (κ2) is 9.82. The van der Waals surface area contributed by atoms with Gasteiger partial charge in [0.2, 0.25) is 0 Å². The van der Waals surface area contributed by atoms with Crippen LogP contribution in [0.2, 0.25) is 0 Å². The van der Waals surface area contributed by atoms with Crippen LogP contribution in [0.5, 0.6) is 0 Å². The van der Waals surface area contributed by atoms with E-state index >= 15 is 0 Å². The molecular formula is C26H30BrNO3. The Balaban J connectivity index is 2.12. The zero-order valence-electron chi connectivity index (χ0n) is 18.6. The van der Waals surface area contributed by atoms with Gasteiger partial charge in [0.05, 0.1) is 11.6 Å². The van der Waals surface area contributed by atoms with E-state index in [1.54, 1.807) is 11.0 Å². The van der Waals surface area contributed by atoms with Crippen LogP contribution in [0.15, 0.2) is 52.5 Å². The number of rotatable bonds is 7.